The number of hydrogen-bond donors (Lipinski definition) is 3. The maximum absolute atomic E-state index is 16.3. The lowest BCUT2D eigenvalue weighted by molar-refractivity contribution is -0.139. The summed E-state index contributed by atoms with van der Waals surface area (Å²) >= 11 is 0. The van der Waals surface area contributed by atoms with Gasteiger partial charge >= 0.3 is 0 Å². The Hall–Kier alpha value is -5.19. The van der Waals surface area contributed by atoms with Gasteiger partial charge in [-0.05, 0) is 101 Å². The molecule has 2 unspecified atom stereocenters. The molecule has 2 aromatic carbocycles. The van der Waals surface area contributed by atoms with Gasteiger partial charge in [0.05, 0.1) is 11.2 Å². The van der Waals surface area contributed by atoms with Crippen LogP contribution in [0.2, 0.25) is 0 Å². The number of amides is 3. The topological polar surface area (TPSA) is 163 Å². The molecule has 2 aromatic heterocycles. The largest absolute Gasteiger partial charge is 0.488 e. The normalized spacial score (nSPS) is 25.6. The van der Waals surface area contributed by atoms with Crippen LogP contribution >= 0.6 is 0 Å². The van der Waals surface area contributed by atoms with Crippen molar-refractivity contribution in [3.63, 3.8) is 0 Å². The van der Waals surface area contributed by atoms with Crippen molar-refractivity contribution in [2.24, 2.45) is 5.92 Å². The van der Waals surface area contributed by atoms with Crippen LogP contribution < -0.4 is 19.9 Å². The smallest absolute Gasteiger partial charge is 0.257 e. The third kappa shape index (κ3) is 8.12. The number of nitrogens with zero attached hydrogens (tertiary/aromatic N) is 8. The molecular formula is C46H57FN10O5. The van der Waals surface area contributed by atoms with Crippen LogP contribution in [-0.4, -0.2) is 140 Å². The van der Waals surface area contributed by atoms with Gasteiger partial charge in [0.1, 0.15) is 40.9 Å². The number of alkyl halides is 1. The number of aliphatic hydroxyl groups is 1. The van der Waals surface area contributed by atoms with Crippen molar-refractivity contribution >= 4 is 40.1 Å². The highest BCUT2D eigenvalue weighted by molar-refractivity contribution is 6.06. The fourth-order valence-corrected chi connectivity index (χ4v) is 10.3. The number of rotatable bonds is 11. The first-order valence-electron chi connectivity index (χ1n) is 22.5. The van der Waals surface area contributed by atoms with E-state index in [0.717, 1.165) is 124 Å². The minimum atomic E-state index is -1.22. The molecule has 6 aliphatic rings. The Bertz CT molecular complexity index is 2350. The van der Waals surface area contributed by atoms with E-state index in [1.165, 1.54) is 4.90 Å². The van der Waals surface area contributed by atoms with Gasteiger partial charge in [-0.2, -0.15) is 5.10 Å². The number of hydrogen-bond acceptors (Lipinski definition) is 12. The van der Waals surface area contributed by atoms with Gasteiger partial charge < -0.3 is 24.5 Å². The standard InChI is InChI=1S/C46H57FN10O5/c1-29-26-56(39-25-37(48-28-49-39)41-35-24-32(62-45(2)11-12-45)4-6-36(35)51-52-41)22-21-54(29)20-15-46(47)13-18-53(19-14-46)27-30-9-16-55(17-10-30)31-3-5-33-34(23-31)44(61)57(43(33)60)38-7-8-40(58)50-42(38)59/h3-6,23-25,28-30,38,43,60H,7-22,26-27H2,1-2H3,(H,51,52)(H,50,58,59)/t29-,38?,43?/m0/s1. The summed E-state index contributed by atoms with van der Waals surface area (Å²) < 4.78 is 22.5. The lowest BCUT2D eigenvalue weighted by Gasteiger charge is -2.43. The first-order chi connectivity index (χ1) is 29.9. The Kier molecular flexibility index (Phi) is 10.7. The van der Waals surface area contributed by atoms with Gasteiger partial charge in [-0.3, -0.25) is 34.6 Å². The number of aromatic amines is 1. The number of H-pyrrole nitrogens is 1. The van der Waals surface area contributed by atoms with Crippen molar-refractivity contribution in [3.8, 4) is 17.1 Å². The van der Waals surface area contributed by atoms with Crippen LogP contribution in [0.3, 0.4) is 0 Å². The molecule has 0 radical (unpaired) electrons. The summed E-state index contributed by atoms with van der Waals surface area (Å²) in [7, 11) is 0. The van der Waals surface area contributed by atoms with Crippen molar-refractivity contribution in [3.05, 3.63) is 59.9 Å². The van der Waals surface area contributed by atoms with Gasteiger partial charge in [0.2, 0.25) is 11.8 Å². The molecule has 62 heavy (non-hydrogen) atoms. The van der Waals surface area contributed by atoms with E-state index in [-0.39, 0.29) is 36.3 Å². The zero-order chi connectivity index (χ0) is 42.8. The minimum absolute atomic E-state index is 0.0654. The fourth-order valence-electron chi connectivity index (χ4n) is 10.3. The summed E-state index contributed by atoms with van der Waals surface area (Å²) in [5.74, 6) is 0.934. The molecule has 4 saturated heterocycles. The molecule has 5 fully saturated rings. The van der Waals surface area contributed by atoms with E-state index in [1.807, 2.05) is 36.4 Å². The van der Waals surface area contributed by atoms with Crippen molar-refractivity contribution in [1.29, 1.82) is 0 Å². The molecular weight excluding hydrogens is 792 g/mol. The maximum atomic E-state index is 16.3. The molecule has 4 aromatic rings. The average Bonchev–Trinajstić information content (AvgIpc) is 3.76. The number of imide groups is 1. The summed E-state index contributed by atoms with van der Waals surface area (Å²) in [5, 5.41) is 22.0. The predicted molar refractivity (Wildman–Crippen MR) is 231 cm³/mol. The number of ether oxygens (including phenoxy) is 1. The maximum Gasteiger partial charge on any atom is 0.257 e. The number of aliphatic hydroxyl groups excluding tert-OH is 1. The van der Waals surface area contributed by atoms with Crippen molar-refractivity contribution in [2.75, 3.05) is 68.7 Å². The van der Waals surface area contributed by atoms with E-state index in [9.17, 15) is 19.5 Å². The monoisotopic (exact) mass is 848 g/mol. The van der Waals surface area contributed by atoms with Crippen molar-refractivity contribution in [2.45, 2.75) is 101 Å². The number of carbonyl (C=O) groups excluding carboxylic acids is 3. The second kappa shape index (κ2) is 16.2. The predicted octanol–water partition coefficient (Wildman–Crippen LogP) is 4.82. The molecule has 10 rings (SSSR count). The minimum Gasteiger partial charge on any atom is -0.488 e. The fraction of sp³-hybridized carbons (Fsp3) is 0.565. The molecule has 3 atom stereocenters. The number of halogens is 1. The Morgan fingerprint density at radius 3 is 2.48 bits per heavy atom. The molecule has 0 spiro atoms. The van der Waals surface area contributed by atoms with E-state index in [0.29, 0.717) is 36.3 Å². The highest BCUT2D eigenvalue weighted by Crippen LogP contribution is 2.41. The number of carbonyl (C=O) groups is 3. The molecule has 5 aliphatic heterocycles. The highest BCUT2D eigenvalue weighted by Gasteiger charge is 2.45. The summed E-state index contributed by atoms with van der Waals surface area (Å²) in [5.41, 5.74) is 3.08. The van der Waals surface area contributed by atoms with Crippen LogP contribution in [0.1, 0.15) is 93.8 Å². The van der Waals surface area contributed by atoms with E-state index >= 15 is 4.39 Å². The molecule has 0 bridgehead atoms. The van der Waals surface area contributed by atoms with Crippen LogP contribution in [-0.2, 0) is 9.59 Å². The lowest BCUT2D eigenvalue weighted by atomic mass is 9.88. The summed E-state index contributed by atoms with van der Waals surface area (Å²) in [6.07, 6.45) is 6.53. The molecule has 7 heterocycles. The van der Waals surface area contributed by atoms with Crippen LogP contribution in [0.5, 0.6) is 5.75 Å². The zero-order valence-corrected chi connectivity index (χ0v) is 35.7. The quantitative estimate of drug-likeness (QED) is 0.177. The molecule has 3 amide bonds. The van der Waals surface area contributed by atoms with E-state index in [2.05, 4.69) is 58.9 Å². The Morgan fingerprint density at radius 2 is 1.73 bits per heavy atom. The Balaban J connectivity index is 0.671. The number of nitrogens with one attached hydrogen (secondary N) is 2. The molecule has 16 heteroatoms. The van der Waals surface area contributed by atoms with Gasteiger partial charge in [0.15, 0.2) is 6.23 Å². The average molecular weight is 849 g/mol. The Morgan fingerprint density at radius 1 is 0.919 bits per heavy atom. The lowest BCUT2D eigenvalue weighted by Crippen LogP contribution is -2.53. The van der Waals surface area contributed by atoms with Crippen LogP contribution in [0.15, 0.2) is 48.8 Å². The Labute approximate surface area is 361 Å². The second-order valence-electron chi connectivity index (χ2n) is 18.9. The number of benzene rings is 2. The van der Waals surface area contributed by atoms with Crippen molar-refractivity contribution < 1.29 is 28.6 Å². The van der Waals surface area contributed by atoms with Gasteiger partial charge in [-0.25, -0.2) is 14.4 Å². The first-order valence-corrected chi connectivity index (χ1v) is 22.5. The van der Waals surface area contributed by atoms with E-state index < -0.39 is 23.8 Å². The number of piperazine rings is 1. The second-order valence-corrected chi connectivity index (χ2v) is 18.9. The highest BCUT2D eigenvalue weighted by atomic mass is 19.1. The number of piperidine rings is 3. The SMILES string of the molecule is C[C@H]1CN(c2cc(-c3n[nH]c4ccc(OC5(C)CC5)cc34)ncn2)CCN1CCC1(F)CCN(CC2CCN(c3ccc4c(c3)C(=O)N(C3CCC(=O)NC3=O)C4O)CC2)CC1. The molecule has 1 aliphatic carbocycles. The van der Waals surface area contributed by atoms with E-state index in [1.54, 1.807) is 12.4 Å². The number of likely N-dealkylation sites (tertiary alicyclic amines) is 1. The van der Waals surface area contributed by atoms with Gasteiger partial charge in [0, 0.05) is 99.6 Å². The zero-order valence-electron chi connectivity index (χ0n) is 35.7. The van der Waals surface area contributed by atoms with E-state index in [4.69, 9.17) is 4.74 Å². The summed E-state index contributed by atoms with van der Waals surface area (Å²) in [6.45, 7) is 11.8. The van der Waals surface area contributed by atoms with Gasteiger partial charge in [0.25, 0.3) is 5.91 Å². The van der Waals surface area contributed by atoms with Gasteiger partial charge in [-0.15, -0.1) is 0 Å². The number of fused-ring (bicyclic) bond motifs is 2. The van der Waals surface area contributed by atoms with Crippen LogP contribution in [0.25, 0.3) is 22.3 Å². The summed E-state index contributed by atoms with van der Waals surface area (Å²) in [6, 6.07) is 13.0. The van der Waals surface area contributed by atoms with Crippen molar-refractivity contribution in [1.82, 2.24) is 40.2 Å². The van der Waals surface area contributed by atoms with Crippen LogP contribution in [0.4, 0.5) is 15.9 Å². The molecule has 328 valence electrons. The summed E-state index contributed by atoms with van der Waals surface area (Å²) in [4.78, 5) is 57.5. The van der Waals surface area contributed by atoms with Crippen LogP contribution in [0, 0.1) is 5.92 Å². The molecule has 3 N–H and O–H groups in total. The third-order valence-electron chi connectivity index (χ3n) is 14.5. The number of aromatic nitrogens is 4. The van der Waals surface area contributed by atoms with Gasteiger partial charge in [-0.1, -0.05) is 6.07 Å². The molecule has 15 nitrogen and oxygen atoms in total. The first kappa shape index (κ1) is 40.9. The number of anilines is 2. The third-order valence-corrected chi connectivity index (χ3v) is 14.5. The molecule has 1 saturated carbocycles.